The van der Waals surface area contributed by atoms with Crippen LogP contribution in [0, 0.1) is 23.6 Å². The Kier molecular flexibility index (Phi) is 9.34. The van der Waals surface area contributed by atoms with Crippen molar-refractivity contribution in [2.45, 2.75) is 110 Å². The maximum absolute atomic E-state index is 14.6. The van der Waals surface area contributed by atoms with E-state index in [1.807, 2.05) is 6.07 Å². The minimum Gasteiger partial charge on any atom is -0.491 e. The zero-order valence-corrected chi connectivity index (χ0v) is 18.9. The van der Waals surface area contributed by atoms with Crippen LogP contribution < -0.4 is 4.74 Å². The second-order valence-electron chi connectivity index (χ2n) is 9.86. The van der Waals surface area contributed by atoms with Crippen molar-refractivity contribution in [2.75, 3.05) is 6.61 Å². The Labute approximate surface area is 178 Å². The average Bonchev–Trinajstić information content (AvgIpc) is 2.74. The first-order chi connectivity index (χ1) is 14.2. The number of halogens is 1. The van der Waals surface area contributed by atoms with Crippen LogP contribution in [0.5, 0.6) is 5.75 Å². The fourth-order valence-electron chi connectivity index (χ4n) is 5.85. The van der Waals surface area contributed by atoms with Gasteiger partial charge in [-0.05, 0) is 79.9 Å². The molecule has 0 aliphatic heterocycles. The molecule has 0 radical (unpaired) electrons. The first-order valence-electron chi connectivity index (χ1n) is 12.6. The quantitative estimate of drug-likeness (QED) is 0.356. The highest BCUT2D eigenvalue weighted by atomic mass is 19.1. The molecule has 0 amide bonds. The summed E-state index contributed by atoms with van der Waals surface area (Å²) in [5.41, 5.74) is 1.17. The van der Waals surface area contributed by atoms with Gasteiger partial charge in [-0.15, -0.1) is 0 Å². The van der Waals surface area contributed by atoms with Crippen molar-refractivity contribution in [1.29, 1.82) is 0 Å². The van der Waals surface area contributed by atoms with Crippen molar-refractivity contribution in [3.8, 4) is 5.75 Å². The first-order valence-corrected chi connectivity index (χ1v) is 12.6. The van der Waals surface area contributed by atoms with Gasteiger partial charge in [0.2, 0.25) is 0 Å². The highest BCUT2D eigenvalue weighted by Gasteiger charge is 2.23. The molecule has 3 rings (SSSR count). The molecular weight excluding hydrogens is 359 g/mol. The van der Waals surface area contributed by atoms with Crippen LogP contribution in [-0.2, 0) is 0 Å². The minimum atomic E-state index is -0.168. The van der Waals surface area contributed by atoms with E-state index in [1.54, 1.807) is 6.07 Å². The van der Waals surface area contributed by atoms with E-state index >= 15 is 0 Å². The summed E-state index contributed by atoms with van der Waals surface area (Å²) in [5, 5.41) is 0. The Morgan fingerprint density at radius 2 is 1.34 bits per heavy atom. The van der Waals surface area contributed by atoms with Gasteiger partial charge in [0.1, 0.15) is 0 Å². The van der Waals surface area contributed by atoms with Gasteiger partial charge in [-0.25, -0.2) is 4.39 Å². The van der Waals surface area contributed by atoms with Crippen molar-refractivity contribution >= 4 is 0 Å². The Bertz CT molecular complexity index is 582. The van der Waals surface area contributed by atoms with Crippen LogP contribution in [0.1, 0.15) is 115 Å². The van der Waals surface area contributed by atoms with Crippen LogP contribution in [0.4, 0.5) is 4.39 Å². The van der Waals surface area contributed by atoms with Crippen LogP contribution in [0.15, 0.2) is 18.2 Å². The largest absolute Gasteiger partial charge is 0.491 e. The summed E-state index contributed by atoms with van der Waals surface area (Å²) >= 11 is 0. The van der Waals surface area contributed by atoms with E-state index in [0.717, 1.165) is 24.2 Å². The van der Waals surface area contributed by atoms with Crippen LogP contribution in [0.2, 0.25) is 0 Å². The second-order valence-corrected chi connectivity index (χ2v) is 9.86. The Morgan fingerprint density at radius 3 is 1.90 bits per heavy atom. The lowest BCUT2D eigenvalue weighted by Crippen LogP contribution is -2.15. The van der Waals surface area contributed by atoms with E-state index in [4.69, 9.17) is 4.74 Å². The van der Waals surface area contributed by atoms with Gasteiger partial charge >= 0.3 is 0 Å². The summed E-state index contributed by atoms with van der Waals surface area (Å²) in [4.78, 5) is 0. The standard InChI is InChI=1S/C27H43FO/c1-3-6-21-9-11-23(12-10-21)8-5-19-29-27-18-17-25(20-26(27)28)24-15-13-22(7-4-2)14-16-24/h17-18,20-24H,3-16,19H2,1-2H3/t21-,22-,23-,24-. The molecule has 2 heteroatoms. The maximum Gasteiger partial charge on any atom is 0.165 e. The van der Waals surface area contributed by atoms with E-state index in [1.165, 1.54) is 89.0 Å². The predicted octanol–water partition coefficient (Wildman–Crippen LogP) is 8.67. The van der Waals surface area contributed by atoms with Crippen molar-refractivity contribution in [3.63, 3.8) is 0 Å². The minimum absolute atomic E-state index is 0.168. The Balaban J connectivity index is 1.37. The number of hydrogen-bond donors (Lipinski definition) is 0. The molecule has 1 aromatic rings. The topological polar surface area (TPSA) is 9.23 Å². The van der Waals surface area contributed by atoms with Crippen molar-refractivity contribution in [3.05, 3.63) is 29.6 Å². The van der Waals surface area contributed by atoms with Crippen LogP contribution in [-0.4, -0.2) is 6.61 Å². The zero-order chi connectivity index (χ0) is 20.5. The van der Waals surface area contributed by atoms with Crippen LogP contribution in [0.3, 0.4) is 0 Å². The van der Waals surface area contributed by atoms with Gasteiger partial charge in [0, 0.05) is 0 Å². The summed E-state index contributed by atoms with van der Waals surface area (Å²) < 4.78 is 20.4. The van der Waals surface area contributed by atoms with Gasteiger partial charge in [-0.1, -0.05) is 71.3 Å². The van der Waals surface area contributed by atoms with Crippen molar-refractivity contribution in [1.82, 2.24) is 0 Å². The van der Waals surface area contributed by atoms with Crippen LogP contribution in [0.25, 0.3) is 0 Å². The fraction of sp³-hybridized carbons (Fsp3) is 0.778. The van der Waals surface area contributed by atoms with Gasteiger partial charge in [0.15, 0.2) is 11.6 Å². The number of ether oxygens (including phenoxy) is 1. The lowest BCUT2D eigenvalue weighted by atomic mass is 9.77. The molecule has 0 unspecified atom stereocenters. The molecule has 0 heterocycles. The molecule has 0 saturated heterocycles. The van der Waals surface area contributed by atoms with Gasteiger partial charge in [0.05, 0.1) is 6.61 Å². The first kappa shape index (κ1) is 22.6. The molecule has 1 nitrogen and oxygen atoms in total. The Morgan fingerprint density at radius 1 is 0.793 bits per heavy atom. The molecule has 164 valence electrons. The van der Waals surface area contributed by atoms with Gasteiger partial charge in [-0.2, -0.15) is 0 Å². The number of benzene rings is 1. The van der Waals surface area contributed by atoms with E-state index in [9.17, 15) is 4.39 Å². The fourth-order valence-corrected chi connectivity index (χ4v) is 5.85. The molecule has 29 heavy (non-hydrogen) atoms. The lowest BCUT2D eigenvalue weighted by Gasteiger charge is -2.29. The van der Waals surface area contributed by atoms with E-state index < -0.39 is 0 Å². The monoisotopic (exact) mass is 402 g/mol. The summed E-state index contributed by atoms with van der Waals surface area (Å²) in [7, 11) is 0. The molecule has 1 aromatic carbocycles. The molecular formula is C27H43FO. The third-order valence-corrected chi connectivity index (χ3v) is 7.65. The molecule has 0 atom stereocenters. The third kappa shape index (κ3) is 7.00. The normalized spacial score (nSPS) is 27.7. The maximum atomic E-state index is 14.6. The predicted molar refractivity (Wildman–Crippen MR) is 121 cm³/mol. The molecule has 0 aromatic heterocycles. The molecule has 0 bridgehead atoms. The molecule has 0 spiro atoms. The van der Waals surface area contributed by atoms with E-state index in [-0.39, 0.29) is 5.82 Å². The third-order valence-electron chi connectivity index (χ3n) is 7.65. The summed E-state index contributed by atoms with van der Waals surface area (Å²) in [6.45, 7) is 5.22. The molecule has 2 aliphatic carbocycles. The highest BCUT2D eigenvalue weighted by molar-refractivity contribution is 5.31. The highest BCUT2D eigenvalue weighted by Crippen LogP contribution is 2.38. The Hall–Kier alpha value is -1.05. The molecule has 2 aliphatic rings. The lowest BCUT2D eigenvalue weighted by molar-refractivity contribution is 0.227. The van der Waals surface area contributed by atoms with Gasteiger partial charge < -0.3 is 4.74 Å². The summed E-state index contributed by atoms with van der Waals surface area (Å²) in [5.74, 6) is 3.54. The summed E-state index contributed by atoms with van der Waals surface area (Å²) in [6.07, 6.45) is 18.3. The number of hydrogen-bond acceptors (Lipinski definition) is 1. The molecule has 2 saturated carbocycles. The van der Waals surface area contributed by atoms with E-state index in [2.05, 4.69) is 19.9 Å². The average molecular weight is 403 g/mol. The van der Waals surface area contributed by atoms with Crippen LogP contribution >= 0.6 is 0 Å². The van der Waals surface area contributed by atoms with Crippen molar-refractivity contribution < 1.29 is 9.13 Å². The van der Waals surface area contributed by atoms with Crippen molar-refractivity contribution in [2.24, 2.45) is 17.8 Å². The molecule has 0 N–H and O–H groups in total. The summed E-state index contributed by atoms with van der Waals surface area (Å²) in [6, 6.07) is 5.73. The van der Waals surface area contributed by atoms with Gasteiger partial charge in [-0.3, -0.25) is 0 Å². The van der Waals surface area contributed by atoms with E-state index in [0.29, 0.717) is 18.3 Å². The smallest absolute Gasteiger partial charge is 0.165 e. The second kappa shape index (κ2) is 12.0. The molecule has 2 fully saturated rings. The zero-order valence-electron chi connectivity index (χ0n) is 18.9. The van der Waals surface area contributed by atoms with Gasteiger partial charge in [0.25, 0.3) is 0 Å². The SMILES string of the molecule is CCC[C@H]1CC[C@H](CCCOc2ccc([C@H]3CC[C@H](CCC)CC3)cc2F)CC1. The number of rotatable bonds is 10.